The molecule has 0 atom stereocenters. The standard InChI is InChI=1S/C19H24N4O2/c1-21-9-7-17(8-10-21)25-14-19(24)22-12-15-11-20-23(18(15)13-22)16-5-3-2-4-6-16/h2-6,11,17H,7-10,12-14H2,1H3. The van der Waals surface area contributed by atoms with Crippen LogP contribution in [0.2, 0.25) is 0 Å². The summed E-state index contributed by atoms with van der Waals surface area (Å²) in [7, 11) is 2.12. The molecule has 0 spiro atoms. The van der Waals surface area contributed by atoms with Crippen molar-refractivity contribution in [1.29, 1.82) is 0 Å². The molecule has 3 heterocycles. The van der Waals surface area contributed by atoms with Gasteiger partial charge < -0.3 is 14.5 Å². The van der Waals surface area contributed by atoms with E-state index >= 15 is 0 Å². The number of ether oxygens (including phenoxy) is 1. The van der Waals surface area contributed by atoms with E-state index in [1.165, 1.54) is 0 Å². The number of para-hydroxylation sites is 1. The van der Waals surface area contributed by atoms with Crippen LogP contribution < -0.4 is 0 Å². The molecule has 2 aromatic rings. The maximum absolute atomic E-state index is 12.5. The first-order valence-electron chi connectivity index (χ1n) is 8.90. The second-order valence-corrected chi connectivity index (χ2v) is 6.93. The zero-order chi connectivity index (χ0) is 17.2. The summed E-state index contributed by atoms with van der Waals surface area (Å²) in [6.07, 6.45) is 4.10. The molecule has 1 saturated heterocycles. The van der Waals surface area contributed by atoms with Crippen LogP contribution in [0, 0.1) is 0 Å². The van der Waals surface area contributed by atoms with E-state index in [1.54, 1.807) is 0 Å². The Hall–Kier alpha value is -2.18. The number of likely N-dealkylation sites (tertiary alicyclic amines) is 1. The summed E-state index contributed by atoms with van der Waals surface area (Å²) in [5.41, 5.74) is 3.25. The predicted octanol–water partition coefficient (Wildman–Crippen LogP) is 1.83. The Morgan fingerprint density at radius 2 is 1.96 bits per heavy atom. The molecule has 25 heavy (non-hydrogen) atoms. The van der Waals surface area contributed by atoms with Gasteiger partial charge in [-0.05, 0) is 32.0 Å². The lowest BCUT2D eigenvalue weighted by Gasteiger charge is -2.29. The van der Waals surface area contributed by atoms with E-state index in [4.69, 9.17) is 4.74 Å². The van der Waals surface area contributed by atoms with Crippen LogP contribution in [-0.4, -0.2) is 58.3 Å². The van der Waals surface area contributed by atoms with E-state index in [1.807, 2.05) is 46.1 Å². The summed E-state index contributed by atoms with van der Waals surface area (Å²) >= 11 is 0. The van der Waals surface area contributed by atoms with E-state index in [2.05, 4.69) is 17.0 Å². The third kappa shape index (κ3) is 3.45. The van der Waals surface area contributed by atoms with Gasteiger partial charge >= 0.3 is 0 Å². The number of hydrogen-bond donors (Lipinski definition) is 0. The van der Waals surface area contributed by atoms with Crippen molar-refractivity contribution in [2.45, 2.75) is 32.0 Å². The number of rotatable bonds is 4. The Balaban J connectivity index is 1.35. The minimum absolute atomic E-state index is 0.0646. The Labute approximate surface area is 148 Å². The van der Waals surface area contributed by atoms with Crippen molar-refractivity contribution in [3.8, 4) is 5.69 Å². The van der Waals surface area contributed by atoms with Crippen molar-refractivity contribution in [3.63, 3.8) is 0 Å². The molecule has 0 radical (unpaired) electrons. The van der Waals surface area contributed by atoms with E-state index in [9.17, 15) is 4.79 Å². The molecule has 1 aromatic heterocycles. The molecular weight excluding hydrogens is 316 g/mol. The highest BCUT2D eigenvalue weighted by molar-refractivity contribution is 5.78. The highest BCUT2D eigenvalue weighted by atomic mass is 16.5. The fourth-order valence-electron chi connectivity index (χ4n) is 3.55. The monoisotopic (exact) mass is 340 g/mol. The van der Waals surface area contributed by atoms with Gasteiger partial charge in [-0.15, -0.1) is 0 Å². The molecule has 2 aliphatic rings. The van der Waals surface area contributed by atoms with Crippen LogP contribution in [0.5, 0.6) is 0 Å². The summed E-state index contributed by atoms with van der Waals surface area (Å²) in [5.74, 6) is 0.0646. The van der Waals surface area contributed by atoms with Crippen LogP contribution in [-0.2, 0) is 22.6 Å². The number of piperidine rings is 1. The average Bonchev–Trinajstić information content (AvgIpc) is 3.22. The van der Waals surface area contributed by atoms with Crippen LogP contribution >= 0.6 is 0 Å². The first kappa shape index (κ1) is 16.3. The molecule has 1 aromatic carbocycles. The second kappa shape index (κ2) is 6.98. The van der Waals surface area contributed by atoms with Gasteiger partial charge in [0.25, 0.3) is 0 Å². The molecule has 4 rings (SSSR count). The van der Waals surface area contributed by atoms with Gasteiger partial charge in [-0.3, -0.25) is 4.79 Å². The van der Waals surface area contributed by atoms with Crippen LogP contribution in [0.3, 0.4) is 0 Å². The van der Waals surface area contributed by atoms with Crippen molar-refractivity contribution >= 4 is 5.91 Å². The van der Waals surface area contributed by atoms with Gasteiger partial charge in [-0.25, -0.2) is 4.68 Å². The molecule has 0 N–H and O–H groups in total. The zero-order valence-corrected chi connectivity index (χ0v) is 14.6. The summed E-state index contributed by atoms with van der Waals surface area (Å²) in [5, 5.41) is 4.47. The molecule has 0 saturated carbocycles. The lowest BCUT2D eigenvalue weighted by Crippen LogP contribution is -2.37. The molecule has 1 amide bonds. The van der Waals surface area contributed by atoms with Gasteiger partial charge in [0.05, 0.1) is 30.2 Å². The fourth-order valence-corrected chi connectivity index (χ4v) is 3.55. The van der Waals surface area contributed by atoms with Gasteiger partial charge in [-0.1, -0.05) is 18.2 Å². The van der Waals surface area contributed by atoms with Crippen molar-refractivity contribution in [2.75, 3.05) is 26.7 Å². The predicted molar refractivity (Wildman–Crippen MR) is 94.3 cm³/mol. The second-order valence-electron chi connectivity index (χ2n) is 6.93. The lowest BCUT2D eigenvalue weighted by molar-refractivity contribution is -0.139. The molecule has 2 aliphatic heterocycles. The van der Waals surface area contributed by atoms with Gasteiger partial charge in [0, 0.05) is 25.2 Å². The number of benzene rings is 1. The fraction of sp³-hybridized carbons (Fsp3) is 0.474. The summed E-state index contributed by atoms with van der Waals surface area (Å²) in [4.78, 5) is 16.7. The smallest absolute Gasteiger partial charge is 0.249 e. The lowest BCUT2D eigenvalue weighted by atomic mass is 10.1. The van der Waals surface area contributed by atoms with Crippen LogP contribution in [0.25, 0.3) is 5.69 Å². The topological polar surface area (TPSA) is 50.6 Å². The van der Waals surface area contributed by atoms with E-state index in [0.717, 1.165) is 42.9 Å². The van der Waals surface area contributed by atoms with E-state index in [0.29, 0.717) is 13.1 Å². The van der Waals surface area contributed by atoms with Crippen molar-refractivity contribution < 1.29 is 9.53 Å². The number of hydrogen-bond acceptors (Lipinski definition) is 4. The summed E-state index contributed by atoms with van der Waals surface area (Å²) < 4.78 is 7.79. The Morgan fingerprint density at radius 1 is 1.20 bits per heavy atom. The minimum Gasteiger partial charge on any atom is -0.368 e. The molecule has 0 aliphatic carbocycles. The highest BCUT2D eigenvalue weighted by Crippen LogP contribution is 2.25. The van der Waals surface area contributed by atoms with E-state index < -0.39 is 0 Å². The first-order valence-corrected chi connectivity index (χ1v) is 8.90. The van der Waals surface area contributed by atoms with Crippen molar-refractivity contribution in [3.05, 3.63) is 47.8 Å². The number of aromatic nitrogens is 2. The average molecular weight is 340 g/mol. The zero-order valence-electron chi connectivity index (χ0n) is 14.6. The summed E-state index contributed by atoms with van der Waals surface area (Å²) in [6.45, 7) is 3.48. The number of nitrogens with zero attached hydrogens (tertiary/aromatic N) is 4. The van der Waals surface area contributed by atoms with Crippen LogP contribution in [0.1, 0.15) is 24.1 Å². The number of fused-ring (bicyclic) bond motifs is 1. The largest absolute Gasteiger partial charge is 0.368 e. The molecule has 0 unspecified atom stereocenters. The minimum atomic E-state index is 0.0646. The van der Waals surface area contributed by atoms with Crippen LogP contribution in [0.4, 0.5) is 0 Å². The normalized spacial score (nSPS) is 18.5. The molecule has 1 fully saturated rings. The molecule has 0 bridgehead atoms. The molecule has 6 heteroatoms. The maximum Gasteiger partial charge on any atom is 0.249 e. The SMILES string of the molecule is CN1CCC(OCC(=O)N2Cc3cnn(-c4ccccc4)c3C2)CC1. The first-order chi connectivity index (χ1) is 12.2. The molecule has 132 valence electrons. The van der Waals surface area contributed by atoms with E-state index in [-0.39, 0.29) is 18.6 Å². The third-order valence-electron chi connectivity index (χ3n) is 5.12. The Kier molecular flexibility index (Phi) is 4.55. The third-order valence-corrected chi connectivity index (χ3v) is 5.12. The van der Waals surface area contributed by atoms with Gasteiger partial charge in [0.2, 0.25) is 5.91 Å². The Morgan fingerprint density at radius 3 is 2.72 bits per heavy atom. The van der Waals surface area contributed by atoms with Crippen LogP contribution in [0.15, 0.2) is 36.5 Å². The number of carbonyl (C=O) groups excluding carboxylic acids is 1. The quantitative estimate of drug-likeness (QED) is 0.852. The Bertz CT molecular complexity index is 735. The molecular formula is C19H24N4O2. The highest BCUT2D eigenvalue weighted by Gasteiger charge is 2.28. The maximum atomic E-state index is 12.5. The number of carbonyl (C=O) groups is 1. The van der Waals surface area contributed by atoms with Gasteiger partial charge in [-0.2, -0.15) is 5.10 Å². The van der Waals surface area contributed by atoms with Gasteiger partial charge in [0.1, 0.15) is 6.61 Å². The molecule has 6 nitrogen and oxygen atoms in total. The van der Waals surface area contributed by atoms with Gasteiger partial charge in [0.15, 0.2) is 0 Å². The summed E-state index contributed by atoms with van der Waals surface area (Å²) in [6, 6.07) is 10.0. The van der Waals surface area contributed by atoms with Crippen molar-refractivity contribution in [1.82, 2.24) is 19.6 Å². The number of amides is 1. The van der Waals surface area contributed by atoms with Crippen molar-refractivity contribution in [2.24, 2.45) is 0 Å².